The van der Waals surface area contributed by atoms with Crippen LogP contribution in [0.15, 0.2) is 60.7 Å². The van der Waals surface area contributed by atoms with Gasteiger partial charge in [0.15, 0.2) is 0 Å². The van der Waals surface area contributed by atoms with Gasteiger partial charge in [-0.25, -0.2) is 9.58 Å². The molecule has 0 saturated carbocycles. The van der Waals surface area contributed by atoms with Crippen molar-refractivity contribution in [2.24, 2.45) is 11.8 Å². The van der Waals surface area contributed by atoms with Gasteiger partial charge in [-0.05, 0) is 54.7 Å². The van der Waals surface area contributed by atoms with E-state index in [9.17, 15) is 9.59 Å². The third kappa shape index (κ3) is 3.69. The number of hydrogen-bond acceptors (Lipinski definition) is 6. The Hall–Kier alpha value is -3.65. The van der Waals surface area contributed by atoms with Gasteiger partial charge in [-0.15, -0.1) is 5.10 Å². The molecule has 2 aromatic carbocycles. The molecule has 1 aromatic heterocycles. The third-order valence-corrected chi connectivity index (χ3v) is 7.41. The molecule has 1 saturated heterocycles. The molecule has 1 N–H and O–H groups in total. The van der Waals surface area contributed by atoms with Crippen LogP contribution in [0.25, 0.3) is 0 Å². The fourth-order valence-electron chi connectivity index (χ4n) is 5.28. The number of imide groups is 1. The number of nitrogens with one attached hydrogen (secondary N) is 1. The molecule has 0 bridgehead atoms. The molecular weight excluding hydrogens is 466 g/mol. The highest BCUT2D eigenvalue weighted by Gasteiger charge is 2.50. The predicted octanol–water partition coefficient (Wildman–Crippen LogP) is 4.54. The number of nitrogens with zero attached hydrogens (tertiary/aromatic N) is 4. The Kier molecular flexibility index (Phi) is 5.33. The van der Waals surface area contributed by atoms with Crippen molar-refractivity contribution >= 4 is 35.3 Å². The standard InChI is InChI=1S/C26H24ClN5O3/c1-35-18-12-8-16(9-13-18)22-14-21(15-6-10-17(27)11-7-15)28-25-29-26(30-32(22)25)31-23(33)19-4-2-3-5-20(19)24(31)34/h2-3,6-13,19-22H,4-5,14H2,1H3,(H,28,29,30)/t19-,20+,21-,22+/m1/s1. The molecule has 6 rings (SSSR count). The average Bonchev–Trinajstić information content (AvgIpc) is 3.42. The molecule has 1 fully saturated rings. The molecule has 35 heavy (non-hydrogen) atoms. The van der Waals surface area contributed by atoms with Crippen LogP contribution < -0.4 is 15.0 Å². The van der Waals surface area contributed by atoms with E-state index >= 15 is 0 Å². The van der Waals surface area contributed by atoms with Gasteiger partial charge in [-0.2, -0.15) is 4.98 Å². The summed E-state index contributed by atoms with van der Waals surface area (Å²) in [6.07, 6.45) is 5.79. The van der Waals surface area contributed by atoms with Crippen LogP contribution in [-0.4, -0.2) is 33.7 Å². The van der Waals surface area contributed by atoms with Crippen molar-refractivity contribution in [2.45, 2.75) is 31.3 Å². The molecular formula is C26H24ClN5O3. The zero-order chi connectivity index (χ0) is 24.1. The third-order valence-electron chi connectivity index (χ3n) is 7.16. The van der Waals surface area contributed by atoms with Crippen molar-refractivity contribution in [3.63, 3.8) is 0 Å². The second kappa shape index (κ2) is 8.53. The summed E-state index contributed by atoms with van der Waals surface area (Å²) in [5.41, 5.74) is 2.09. The number of methoxy groups -OCH3 is 1. The van der Waals surface area contributed by atoms with Crippen molar-refractivity contribution in [3.05, 3.63) is 76.8 Å². The van der Waals surface area contributed by atoms with Gasteiger partial charge < -0.3 is 10.1 Å². The Morgan fingerprint density at radius 3 is 2.20 bits per heavy atom. The zero-order valence-corrected chi connectivity index (χ0v) is 19.9. The maximum atomic E-state index is 13.1. The van der Waals surface area contributed by atoms with Crippen LogP contribution in [0, 0.1) is 11.8 Å². The molecule has 3 aliphatic rings. The summed E-state index contributed by atoms with van der Waals surface area (Å²) < 4.78 is 7.10. The Morgan fingerprint density at radius 2 is 1.57 bits per heavy atom. The van der Waals surface area contributed by atoms with Gasteiger partial charge in [0.25, 0.3) is 5.95 Å². The quantitative estimate of drug-likeness (QED) is 0.427. The van der Waals surface area contributed by atoms with E-state index in [1.165, 1.54) is 4.90 Å². The van der Waals surface area contributed by atoms with E-state index in [2.05, 4.69) is 15.4 Å². The van der Waals surface area contributed by atoms with Crippen LogP contribution >= 0.6 is 11.6 Å². The molecule has 1 aliphatic carbocycles. The van der Waals surface area contributed by atoms with Gasteiger partial charge in [0.1, 0.15) is 5.75 Å². The SMILES string of the molecule is COc1ccc([C@@H]2C[C@H](c3ccc(Cl)cc3)Nc3nc(N4C(=O)[C@H]5CC=CC[C@H]5C4=O)nn32)cc1. The molecule has 2 amide bonds. The Labute approximate surface area is 207 Å². The molecule has 0 unspecified atom stereocenters. The van der Waals surface area contributed by atoms with Crippen molar-refractivity contribution < 1.29 is 14.3 Å². The number of benzene rings is 2. The summed E-state index contributed by atoms with van der Waals surface area (Å²) in [7, 11) is 1.63. The van der Waals surface area contributed by atoms with E-state index in [1.54, 1.807) is 11.8 Å². The first-order chi connectivity index (χ1) is 17.0. The first-order valence-electron chi connectivity index (χ1n) is 11.7. The smallest absolute Gasteiger partial charge is 0.260 e. The first kappa shape index (κ1) is 21.9. The van der Waals surface area contributed by atoms with E-state index in [0.29, 0.717) is 30.2 Å². The van der Waals surface area contributed by atoms with Crippen molar-refractivity contribution in [1.29, 1.82) is 0 Å². The number of carbonyl (C=O) groups excluding carboxylic acids is 2. The number of amides is 2. The monoisotopic (exact) mass is 489 g/mol. The van der Waals surface area contributed by atoms with Crippen molar-refractivity contribution in [3.8, 4) is 5.75 Å². The molecule has 9 heteroatoms. The summed E-state index contributed by atoms with van der Waals surface area (Å²) in [6.45, 7) is 0. The largest absolute Gasteiger partial charge is 0.497 e. The number of fused-ring (bicyclic) bond motifs is 2. The lowest BCUT2D eigenvalue weighted by Crippen LogP contribution is -2.32. The normalized spacial score (nSPS) is 25.3. The number of allylic oxidation sites excluding steroid dienone is 2. The maximum Gasteiger partial charge on any atom is 0.260 e. The molecule has 4 atom stereocenters. The fourth-order valence-corrected chi connectivity index (χ4v) is 5.40. The highest BCUT2D eigenvalue weighted by atomic mass is 35.5. The second-order valence-electron chi connectivity index (χ2n) is 9.12. The number of ether oxygens (including phenoxy) is 1. The van der Waals surface area contributed by atoms with Crippen LogP contribution in [0.2, 0.25) is 5.02 Å². The zero-order valence-electron chi connectivity index (χ0n) is 19.1. The van der Waals surface area contributed by atoms with E-state index < -0.39 is 0 Å². The van der Waals surface area contributed by atoms with Gasteiger partial charge in [-0.3, -0.25) is 9.59 Å². The van der Waals surface area contributed by atoms with Crippen LogP contribution in [0.4, 0.5) is 11.9 Å². The summed E-state index contributed by atoms with van der Waals surface area (Å²) >= 11 is 6.11. The number of hydrogen-bond donors (Lipinski definition) is 1. The summed E-state index contributed by atoms with van der Waals surface area (Å²) in [6, 6.07) is 15.3. The second-order valence-corrected chi connectivity index (χ2v) is 9.56. The van der Waals surface area contributed by atoms with Crippen LogP contribution in [0.5, 0.6) is 5.75 Å². The summed E-state index contributed by atoms with van der Waals surface area (Å²) in [5, 5.41) is 8.81. The molecule has 0 radical (unpaired) electrons. The van der Waals surface area contributed by atoms with E-state index in [-0.39, 0.29) is 41.7 Å². The summed E-state index contributed by atoms with van der Waals surface area (Å²) in [5.74, 6) is 0.305. The van der Waals surface area contributed by atoms with E-state index in [1.807, 2.05) is 60.7 Å². The number of carbonyl (C=O) groups is 2. The fraction of sp³-hybridized carbons (Fsp3) is 0.308. The molecule has 8 nitrogen and oxygen atoms in total. The minimum absolute atomic E-state index is 0.0549. The number of anilines is 2. The molecule has 0 spiro atoms. The van der Waals surface area contributed by atoms with Crippen LogP contribution in [0.1, 0.15) is 42.5 Å². The van der Waals surface area contributed by atoms with Gasteiger partial charge in [-0.1, -0.05) is 48.0 Å². The van der Waals surface area contributed by atoms with Gasteiger partial charge in [0, 0.05) is 5.02 Å². The highest BCUT2D eigenvalue weighted by Crippen LogP contribution is 2.41. The number of rotatable bonds is 4. The average molecular weight is 490 g/mol. The molecule has 2 aliphatic heterocycles. The van der Waals surface area contributed by atoms with Gasteiger partial charge in [0.05, 0.1) is 31.0 Å². The maximum absolute atomic E-state index is 13.1. The van der Waals surface area contributed by atoms with E-state index in [0.717, 1.165) is 16.9 Å². The first-order valence-corrected chi connectivity index (χ1v) is 12.1. The van der Waals surface area contributed by atoms with Gasteiger partial charge >= 0.3 is 0 Å². The van der Waals surface area contributed by atoms with Crippen molar-refractivity contribution in [1.82, 2.24) is 14.8 Å². The van der Waals surface area contributed by atoms with Gasteiger partial charge in [0.2, 0.25) is 17.8 Å². The minimum Gasteiger partial charge on any atom is -0.497 e. The topological polar surface area (TPSA) is 89.3 Å². The Bertz CT molecular complexity index is 1290. The van der Waals surface area contributed by atoms with Crippen LogP contribution in [0.3, 0.4) is 0 Å². The van der Waals surface area contributed by atoms with E-state index in [4.69, 9.17) is 16.3 Å². The lowest BCUT2D eigenvalue weighted by molar-refractivity contribution is -0.122. The number of halogens is 1. The molecule has 178 valence electrons. The number of aromatic nitrogens is 3. The predicted molar refractivity (Wildman–Crippen MR) is 131 cm³/mol. The Morgan fingerprint density at radius 1 is 0.943 bits per heavy atom. The molecule has 3 heterocycles. The Balaban J connectivity index is 1.39. The van der Waals surface area contributed by atoms with Crippen molar-refractivity contribution in [2.75, 3.05) is 17.3 Å². The lowest BCUT2D eigenvalue weighted by Gasteiger charge is -2.31. The summed E-state index contributed by atoms with van der Waals surface area (Å²) in [4.78, 5) is 32.1. The minimum atomic E-state index is -0.333. The molecule has 3 aromatic rings. The highest BCUT2D eigenvalue weighted by molar-refractivity contribution is 6.30. The lowest BCUT2D eigenvalue weighted by atomic mass is 9.85. The van der Waals surface area contributed by atoms with Crippen LogP contribution in [-0.2, 0) is 9.59 Å².